The molecule has 0 spiro atoms. The Hall–Kier alpha value is -3.59. The predicted octanol–water partition coefficient (Wildman–Crippen LogP) is 6.08. The van der Waals surface area contributed by atoms with Gasteiger partial charge in [0.1, 0.15) is 5.58 Å². The fraction of sp³-hybridized carbons (Fsp3) is 0. The lowest BCUT2D eigenvalue weighted by Crippen LogP contribution is -1.93. The highest BCUT2D eigenvalue weighted by Gasteiger charge is 2.13. The first-order chi connectivity index (χ1) is 12.9. The van der Waals surface area contributed by atoms with Crippen LogP contribution in [-0.2, 0) is 0 Å². The van der Waals surface area contributed by atoms with E-state index in [9.17, 15) is 0 Å². The molecule has 26 heavy (non-hydrogen) atoms. The van der Waals surface area contributed by atoms with Crippen molar-refractivity contribution in [2.75, 3.05) is 0 Å². The molecule has 3 heteroatoms. The Morgan fingerprint density at radius 1 is 0.654 bits per heavy atom. The molecule has 3 nitrogen and oxygen atoms in total. The first-order valence-electron chi connectivity index (χ1n) is 8.66. The molecular weight excluding hydrogens is 320 g/mol. The molecule has 0 aliphatic carbocycles. The molecule has 122 valence electrons. The zero-order valence-electron chi connectivity index (χ0n) is 13.9. The van der Waals surface area contributed by atoms with E-state index in [4.69, 9.17) is 4.42 Å². The maximum absolute atomic E-state index is 5.99. The van der Waals surface area contributed by atoms with Gasteiger partial charge in [-0.15, -0.1) is 0 Å². The minimum absolute atomic E-state index is 0.682. The Balaban J connectivity index is 1.73. The van der Waals surface area contributed by atoms with E-state index in [0.717, 1.165) is 22.0 Å². The SMILES string of the molecule is c1cnc2oc3cc(-n4c5ccccc5c5ccccc54)ccc3c2c1. The summed E-state index contributed by atoms with van der Waals surface area (Å²) in [4.78, 5) is 4.34. The van der Waals surface area contributed by atoms with Gasteiger partial charge in [-0.05, 0) is 36.4 Å². The number of aromatic nitrogens is 2. The molecule has 0 fully saturated rings. The van der Waals surface area contributed by atoms with E-state index in [2.05, 4.69) is 76.3 Å². The van der Waals surface area contributed by atoms with Crippen molar-refractivity contribution in [2.45, 2.75) is 0 Å². The molecule has 0 radical (unpaired) electrons. The average Bonchev–Trinajstić information content (AvgIpc) is 3.23. The predicted molar refractivity (Wildman–Crippen MR) is 106 cm³/mol. The van der Waals surface area contributed by atoms with Crippen LogP contribution < -0.4 is 0 Å². The molecular formula is C23H14N2O. The van der Waals surface area contributed by atoms with Crippen molar-refractivity contribution in [3.63, 3.8) is 0 Å². The van der Waals surface area contributed by atoms with Gasteiger partial charge in [-0.2, -0.15) is 0 Å². The van der Waals surface area contributed by atoms with Gasteiger partial charge in [0.2, 0.25) is 5.71 Å². The van der Waals surface area contributed by atoms with Crippen LogP contribution in [0.15, 0.2) is 89.5 Å². The summed E-state index contributed by atoms with van der Waals surface area (Å²) in [6.07, 6.45) is 1.76. The monoisotopic (exact) mass is 334 g/mol. The fourth-order valence-electron chi connectivity index (χ4n) is 3.94. The van der Waals surface area contributed by atoms with Gasteiger partial charge in [0.05, 0.1) is 11.0 Å². The summed E-state index contributed by atoms with van der Waals surface area (Å²) in [5.74, 6) is 0. The van der Waals surface area contributed by atoms with Gasteiger partial charge in [-0.3, -0.25) is 0 Å². The van der Waals surface area contributed by atoms with Crippen LogP contribution in [0, 0.1) is 0 Å². The smallest absolute Gasteiger partial charge is 0.227 e. The third-order valence-corrected chi connectivity index (χ3v) is 5.07. The lowest BCUT2D eigenvalue weighted by atomic mass is 10.2. The Morgan fingerprint density at radius 3 is 2.12 bits per heavy atom. The van der Waals surface area contributed by atoms with Crippen LogP contribution in [0.1, 0.15) is 0 Å². The van der Waals surface area contributed by atoms with Crippen LogP contribution in [0.3, 0.4) is 0 Å². The molecule has 0 N–H and O–H groups in total. The van der Waals surface area contributed by atoms with Crippen LogP contribution >= 0.6 is 0 Å². The third-order valence-electron chi connectivity index (χ3n) is 5.07. The molecule has 3 heterocycles. The highest BCUT2D eigenvalue weighted by atomic mass is 16.3. The standard InChI is InChI=1S/C23H14N2O/c1-3-9-20-16(6-1)17-7-2-4-10-21(17)25(20)15-11-12-18-19-8-5-13-24-23(19)26-22(18)14-15/h1-14H. The van der Waals surface area contributed by atoms with Crippen LogP contribution in [0.5, 0.6) is 0 Å². The van der Waals surface area contributed by atoms with Crippen LogP contribution in [0.4, 0.5) is 0 Å². The normalized spacial score (nSPS) is 11.8. The van der Waals surface area contributed by atoms with Gasteiger partial charge >= 0.3 is 0 Å². The summed E-state index contributed by atoms with van der Waals surface area (Å²) in [6.45, 7) is 0. The van der Waals surface area contributed by atoms with E-state index in [-0.39, 0.29) is 0 Å². The lowest BCUT2D eigenvalue weighted by molar-refractivity contribution is 0.654. The van der Waals surface area contributed by atoms with Crippen LogP contribution in [0.2, 0.25) is 0 Å². The molecule has 0 saturated heterocycles. The fourth-order valence-corrected chi connectivity index (χ4v) is 3.94. The number of fused-ring (bicyclic) bond motifs is 6. The minimum Gasteiger partial charge on any atom is -0.438 e. The summed E-state index contributed by atoms with van der Waals surface area (Å²) < 4.78 is 8.29. The molecule has 0 saturated carbocycles. The van der Waals surface area contributed by atoms with Crippen molar-refractivity contribution < 1.29 is 4.42 Å². The summed E-state index contributed by atoms with van der Waals surface area (Å²) in [7, 11) is 0. The first kappa shape index (κ1) is 13.7. The second kappa shape index (κ2) is 4.96. The van der Waals surface area contributed by atoms with Crippen molar-refractivity contribution in [2.24, 2.45) is 0 Å². The Bertz CT molecular complexity index is 1390. The maximum Gasteiger partial charge on any atom is 0.227 e. The maximum atomic E-state index is 5.99. The zero-order chi connectivity index (χ0) is 17.1. The topological polar surface area (TPSA) is 31.0 Å². The molecule has 6 aromatic rings. The summed E-state index contributed by atoms with van der Waals surface area (Å²) >= 11 is 0. The van der Waals surface area contributed by atoms with Crippen molar-refractivity contribution in [3.8, 4) is 5.69 Å². The van der Waals surface area contributed by atoms with E-state index >= 15 is 0 Å². The number of furan rings is 1. The van der Waals surface area contributed by atoms with Gasteiger partial charge in [0, 0.05) is 39.5 Å². The molecule has 3 aromatic carbocycles. The highest BCUT2D eigenvalue weighted by Crippen LogP contribution is 2.34. The van der Waals surface area contributed by atoms with E-state index in [1.807, 2.05) is 12.1 Å². The van der Waals surface area contributed by atoms with Crippen LogP contribution in [-0.4, -0.2) is 9.55 Å². The van der Waals surface area contributed by atoms with Gasteiger partial charge in [0.25, 0.3) is 0 Å². The van der Waals surface area contributed by atoms with Crippen molar-refractivity contribution in [3.05, 3.63) is 85.1 Å². The molecule has 0 unspecified atom stereocenters. The van der Waals surface area contributed by atoms with Crippen molar-refractivity contribution in [1.29, 1.82) is 0 Å². The van der Waals surface area contributed by atoms with Gasteiger partial charge in [-0.25, -0.2) is 4.98 Å². The number of nitrogens with zero attached hydrogens (tertiary/aromatic N) is 2. The van der Waals surface area contributed by atoms with E-state index in [1.165, 1.54) is 21.8 Å². The number of benzene rings is 3. The molecule has 3 aromatic heterocycles. The lowest BCUT2D eigenvalue weighted by Gasteiger charge is -2.07. The number of para-hydroxylation sites is 2. The van der Waals surface area contributed by atoms with Gasteiger partial charge < -0.3 is 8.98 Å². The number of hydrogen-bond donors (Lipinski definition) is 0. The number of rotatable bonds is 1. The minimum atomic E-state index is 0.682. The number of pyridine rings is 1. The molecule has 0 aliphatic rings. The van der Waals surface area contributed by atoms with Crippen molar-refractivity contribution in [1.82, 2.24) is 9.55 Å². The quantitative estimate of drug-likeness (QED) is 0.365. The first-order valence-corrected chi connectivity index (χ1v) is 8.66. The molecule has 0 amide bonds. The third kappa shape index (κ3) is 1.74. The largest absolute Gasteiger partial charge is 0.438 e. The van der Waals surface area contributed by atoms with E-state index in [1.54, 1.807) is 6.20 Å². The molecule has 0 bridgehead atoms. The Labute approximate surface area is 149 Å². The Morgan fingerprint density at radius 2 is 1.35 bits per heavy atom. The van der Waals surface area contributed by atoms with Crippen LogP contribution in [0.25, 0.3) is 49.6 Å². The van der Waals surface area contributed by atoms with E-state index in [0.29, 0.717) is 5.71 Å². The number of hydrogen-bond acceptors (Lipinski definition) is 2. The summed E-state index contributed by atoms with van der Waals surface area (Å²) in [6, 6.07) is 27.4. The molecule has 0 aliphatic heterocycles. The van der Waals surface area contributed by atoms with Gasteiger partial charge in [-0.1, -0.05) is 36.4 Å². The van der Waals surface area contributed by atoms with E-state index < -0.39 is 0 Å². The average molecular weight is 334 g/mol. The second-order valence-corrected chi connectivity index (χ2v) is 6.51. The zero-order valence-corrected chi connectivity index (χ0v) is 13.9. The van der Waals surface area contributed by atoms with Crippen molar-refractivity contribution >= 4 is 43.9 Å². The molecule has 6 rings (SSSR count). The summed E-state index contributed by atoms with van der Waals surface area (Å²) in [5.41, 5.74) is 5.03. The highest BCUT2D eigenvalue weighted by molar-refractivity contribution is 6.10. The summed E-state index contributed by atoms with van der Waals surface area (Å²) in [5, 5.41) is 4.66. The molecule has 0 atom stereocenters. The Kier molecular flexibility index (Phi) is 2.61. The second-order valence-electron chi connectivity index (χ2n) is 6.51. The van der Waals surface area contributed by atoms with Gasteiger partial charge in [0.15, 0.2) is 0 Å².